The largest absolute Gasteiger partial charge is 0.489 e. The molecule has 0 aromatic heterocycles. The smallest absolute Gasteiger partial charge is 0.142 e. The Labute approximate surface area is 115 Å². The molecule has 0 fully saturated rings. The number of para-hydroxylation sites is 1. The molecule has 4 heteroatoms. The Balaban J connectivity index is 2.14. The number of benzene rings is 2. The van der Waals surface area contributed by atoms with Gasteiger partial charge in [0, 0.05) is 11.1 Å². The topological polar surface area (TPSA) is 9.23 Å². The summed E-state index contributed by atoms with van der Waals surface area (Å²) in [5, 5.41) is 0.0980. The lowest BCUT2D eigenvalue weighted by atomic mass is 10.2. The Hall–Kier alpha value is -1.25. The van der Waals surface area contributed by atoms with Crippen molar-refractivity contribution in [3.63, 3.8) is 0 Å². The van der Waals surface area contributed by atoms with Gasteiger partial charge in [0.1, 0.15) is 18.2 Å². The number of hydrogen-bond acceptors (Lipinski definition) is 1. The molecule has 0 radical (unpaired) electrons. The molecular weight excluding hydrogens is 274 g/mol. The number of ether oxygens (including phenoxy) is 1. The van der Waals surface area contributed by atoms with Crippen molar-refractivity contribution in [2.45, 2.75) is 12.5 Å². The lowest BCUT2D eigenvalue weighted by molar-refractivity contribution is 0.303. The first-order valence-electron chi connectivity index (χ1n) is 5.42. The van der Waals surface area contributed by atoms with E-state index >= 15 is 0 Å². The third-order valence-electron chi connectivity index (χ3n) is 2.53. The van der Waals surface area contributed by atoms with E-state index in [-0.39, 0.29) is 11.6 Å². The highest BCUT2D eigenvalue weighted by Gasteiger charge is 2.07. The van der Waals surface area contributed by atoms with E-state index in [1.165, 1.54) is 6.07 Å². The van der Waals surface area contributed by atoms with Crippen LogP contribution in [0.15, 0.2) is 42.5 Å². The quantitative estimate of drug-likeness (QED) is 0.733. The molecule has 18 heavy (non-hydrogen) atoms. The Kier molecular flexibility index (Phi) is 4.45. The fourth-order valence-electron chi connectivity index (χ4n) is 1.57. The third kappa shape index (κ3) is 2.95. The summed E-state index contributed by atoms with van der Waals surface area (Å²) in [6, 6.07) is 12.1. The van der Waals surface area contributed by atoms with Crippen LogP contribution in [0.3, 0.4) is 0 Å². The Morgan fingerprint density at radius 2 is 1.72 bits per heavy atom. The molecule has 0 spiro atoms. The molecule has 0 aliphatic rings. The lowest BCUT2D eigenvalue weighted by Gasteiger charge is -2.10. The second-order valence-electron chi connectivity index (χ2n) is 3.74. The summed E-state index contributed by atoms with van der Waals surface area (Å²) in [5.74, 6) is 0.615. The van der Waals surface area contributed by atoms with Gasteiger partial charge < -0.3 is 4.74 Å². The van der Waals surface area contributed by atoms with Gasteiger partial charge in [0.15, 0.2) is 0 Å². The standard InChI is InChI=1S/C14H11Cl2FO/c15-8-10-4-1-2-7-13(10)18-9-11-5-3-6-12(17)14(11)16/h1-7H,8-9H2. The molecule has 0 unspecified atom stereocenters. The molecule has 0 aliphatic heterocycles. The van der Waals surface area contributed by atoms with Gasteiger partial charge in [0.2, 0.25) is 0 Å². The van der Waals surface area contributed by atoms with E-state index in [2.05, 4.69) is 0 Å². The van der Waals surface area contributed by atoms with Crippen molar-refractivity contribution in [1.29, 1.82) is 0 Å². The maximum Gasteiger partial charge on any atom is 0.142 e. The summed E-state index contributed by atoms with van der Waals surface area (Å²) < 4.78 is 18.9. The van der Waals surface area contributed by atoms with Gasteiger partial charge in [0.05, 0.1) is 10.9 Å². The fraction of sp³-hybridized carbons (Fsp3) is 0.143. The Morgan fingerprint density at radius 3 is 2.50 bits per heavy atom. The predicted molar refractivity (Wildman–Crippen MR) is 71.7 cm³/mol. The Bertz CT molecular complexity index is 543. The average molecular weight is 285 g/mol. The van der Waals surface area contributed by atoms with Crippen molar-refractivity contribution in [2.24, 2.45) is 0 Å². The second-order valence-corrected chi connectivity index (χ2v) is 4.39. The van der Waals surface area contributed by atoms with E-state index in [0.29, 0.717) is 17.2 Å². The predicted octanol–water partition coefficient (Wildman–Crippen LogP) is 4.80. The first-order valence-corrected chi connectivity index (χ1v) is 6.33. The zero-order valence-electron chi connectivity index (χ0n) is 9.50. The second kappa shape index (κ2) is 6.07. The Morgan fingerprint density at radius 1 is 1.00 bits per heavy atom. The maximum absolute atomic E-state index is 13.2. The minimum atomic E-state index is -0.441. The van der Waals surface area contributed by atoms with E-state index in [0.717, 1.165) is 5.56 Å². The van der Waals surface area contributed by atoms with E-state index in [4.69, 9.17) is 27.9 Å². The van der Waals surface area contributed by atoms with E-state index in [1.807, 2.05) is 24.3 Å². The molecule has 0 aliphatic carbocycles. The van der Waals surface area contributed by atoms with Gasteiger partial charge in [-0.1, -0.05) is 41.9 Å². The van der Waals surface area contributed by atoms with Crippen LogP contribution in [-0.2, 0) is 12.5 Å². The molecule has 2 rings (SSSR count). The van der Waals surface area contributed by atoms with Crippen molar-refractivity contribution in [2.75, 3.05) is 0 Å². The van der Waals surface area contributed by atoms with Crippen LogP contribution in [0.5, 0.6) is 5.75 Å². The maximum atomic E-state index is 13.2. The first-order chi connectivity index (χ1) is 8.72. The van der Waals surface area contributed by atoms with Crippen molar-refractivity contribution in [3.05, 3.63) is 64.4 Å². The molecule has 2 aromatic carbocycles. The van der Waals surface area contributed by atoms with Crippen molar-refractivity contribution >= 4 is 23.2 Å². The van der Waals surface area contributed by atoms with Gasteiger partial charge in [-0.2, -0.15) is 0 Å². The summed E-state index contributed by atoms with van der Waals surface area (Å²) in [6.45, 7) is 0.213. The summed E-state index contributed by atoms with van der Waals surface area (Å²) >= 11 is 11.7. The molecular formula is C14H11Cl2FO. The number of hydrogen-bond donors (Lipinski definition) is 0. The first kappa shape index (κ1) is 13.2. The summed E-state index contributed by atoms with van der Waals surface area (Å²) in [5.41, 5.74) is 1.51. The monoisotopic (exact) mass is 284 g/mol. The SMILES string of the molecule is Fc1cccc(COc2ccccc2CCl)c1Cl. The summed E-state index contributed by atoms with van der Waals surface area (Å²) in [7, 11) is 0. The van der Waals surface area contributed by atoms with Crippen LogP contribution in [0.4, 0.5) is 4.39 Å². The van der Waals surface area contributed by atoms with Crippen molar-refractivity contribution in [1.82, 2.24) is 0 Å². The van der Waals surface area contributed by atoms with E-state index in [9.17, 15) is 4.39 Å². The minimum absolute atomic E-state index is 0.0980. The van der Waals surface area contributed by atoms with Crippen molar-refractivity contribution < 1.29 is 9.13 Å². The summed E-state index contributed by atoms with van der Waals surface area (Å²) in [6.07, 6.45) is 0. The number of rotatable bonds is 4. The van der Waals surface area contributed by atoms with Crippen molar-refractivity contribution in [3.8, 4) is 5.75 Å². The van der Waals surface area contributed by atoms with Crippen LogP contribution in [-0.4, -0.2) is 0 Å². The molecule has 0 amide bonds. The number of alkyl halides is 1. The van der Waals surface area contributed by atoms with Crippen LogP contribution in [0.2, 0.25) is 5.02 Å². The molecule has 0 atom stereocenters. The highest BCUT2D eigenvalue weighted by molar-refractivity contribution is 6.31. The molecule has 2 aromatic rings. The highest BCUT2D eigenvalue weighted by atomic mass is 35.5. The molecule has 94 valence electrons. The van der Waals surface area contributed by atoms with Crippen LogP contribution < -0.4 is 4.74 Å². The van der Waals surface area contributed by atoms with Gasteiger partial charge >= 0.3 is 0 Å². The van der Waals surface area contributed by atoms with Gasteiger partial charge in [0.25, 0.3) is 0 Å². The lowest BCUT2D eigenvalue weighted by Crippen LogP contribution is -1.99. The normalized spacial score (nSPS) is 10.4. The third-order valence-corrected chi connectivity index (χ3v) is 3.24. The van der Waals surface area contributed by atoms with Crippen LogP contribution in [0.25, 0.3) is 0 Å². The average Bonchev–Trinajstić information content (AvgIpc) is 2.41. The fourth-order valence-corrected chi connectivity index (χ4v) is 1.97. The van der Waals surface area contributed by atoms with Gasteiger partial charge in [-0.05, 0) is 12.1 Å². The molecule has 0 saturated heterocycles. The molecule has 0 saturated carbocycles. The summed E-state index contributed by atoms with van der Waals surface area (Å²) in [4.78, 5) is 0. The van der Waals surface area contributed by atoms with Crippen LogP contribution >= 0.6 is 23.2 Å². The zero-order valence-corrected chi connectivity index (χ0v) is 11.0. The molecule has 0 bridgehead atoms. The highest BCUT2D eigenvalue weighted by Crippen LogP contribution is 2.24. The van der Waals surface area contributed by atoms with Crippen LogP contribution in [0.1, 0.15) is 11.1 Å². The van der Waals surface area contributed by atoms with Crippen LogP contribution in [0, 0.1) is 5.82 Å². The van der Waals surface area contributed by atoms with E-state index in [1.54, 1.807) is 12.1 Å². The minimum Gasteiger partial charge on any atom is -0.489 e. The van der Waals surface area contributed by atoms with E-state index < -0.39 is 5.82 Å². The number of halogens is 3. The van der Waals surface area contributed by atoms with Gasteiger partial charge in [-0.3, -0.25) is 0 Å². The molecule has 1 nitrogen and oxygen atoms in total. The van der Waals surface area contributed by atoms with Gasteiger partial charge in [-0.25, -0.2) is 4.39 Å². The molecule has 0 heterocycles. The molecule has 0 N–H and O–H groups in total. The van der Waals surface area contributed by atoms with Gasteiger partial charge in [-0.15, -0.1) is 11.6 Å². The zero-order chi connectivity index (χ0) is 13.0.